The minimum Gasteiger partial charge on any atom is 0 e. The van der Waals surface area contributed by atoms with Gasteiger partial charge in [0.25, 0.3) is 0 Å². The first-order chi connectivity index (χ1) is 2.94. The first-order valence-corrected chi connectivity index (χ1v) is 1.79. The maximum absolute atomic E-state index is 10.9. The van der Waals surface area contributed by atoms with Crippen LogP contribution in [0.3, 0.4) is 0 Å². The van der Waals surface area contributed by atoms with Gasteiger partial charge in [-0.3, -0.25) is 0 Å². The largest absolute Gasteiger partial charge is 0 e. The van der Waals surface area contributed by atoms with Crippen molar-refractivity contribution in [2.75, 3.05) is 0 Å². The van der Waals surface area contributed by atoms with Crippen molar-refractivity contribution in [2.45, 2.75) is 11.2 Å². The van der Waals surface area contributed by atoms with Gasteiger partial charge in [0.05, 0.1) is 0 Å². The summed E-state index contributed by atoms with van der Waals surface area (Å²) in [4.78, 5) is 0. The first kappa shape index (κ1) is 11.5. The smallest absolute Gasteiger partial charge is 0 e. The average molecular weight is 228 g/mol. The summed E-state index contributed by atoms with van der Waals surface area (Å²) in [6, 6.07) is 0. The number of hydrogen-bond donors (Lipinski definition) is 0. The van der Waals surface area contributed by atoms with Crippen LogP contribution in [0.15, 0.2) is 0 Å². The van der Waals surface area contributed by atoms with Gasteiger partial charge in [-0.25, -0.2) is 0 Å². The fourth-order valence-electron chi connectivity index (χ4n) is 0. The van der Waals surface area contributed by atoms with Crippen LogP contribution in [0.1, 0.15) is 0 Å². The van der Waals surface area contributed by atoms with Gasteiger partial charge in [-0.2, -0.15) is 0 Å². The van der Waals surface area contributed by atoms with E-state index in [4.69, 9.17) is 0 Å². The van der Waals surface area contributed by atoms with Gasteiger partial charge in [0.15, 0.2) is 0 Å². The summed E-state index contributed by atoms with van der Waals surface area (Å²) in [7, 11) is 0. The van der Waals surface area contributed by atoms with E-state index in [0.29, 0.717) is 0 Å². The Bertz CT molecular complexity index is 57.5. The van der Waals surface area contributed by atoms with E-state index in [1.54, 1.807) is 0 Å². The molecular formula is C2HCu2F4. The Kier molecular flexibility index (Phi) is 5.37. The Morgan fingerprint density at radius 3 is 1.38 bits per heavy atom. The monoisotopic (exact) mass is 227 g/mol. The molecule has 0 amide bonds. The van der Waals surface area contributed by atoms with Crippen LogP contribution in [-0.4, -0.2) is 11.2 Å². The molecule has 0 heterocycles. The zero-order valence-electron chi connectivity index (χ0n) is 3.19. The van der Waals surface area contributed by atoms with E-state index < -0.39 is 11.2 Å². The molecule has 8 heavy (non-hydrogen) atoms. The number of alkyl halides is 4. The molecule has 0 rings (SSSR count). The van der Waals surface area contributed by atoms with E-state index in [1.807, 2.05) is 0 Å². The molecule has 0 aromatic carbocycles. The Hall–Kier alpha value is 0.759. The minimum absolute atomic E-state index is 0. The van der Waals surface area contributed by atoms with E-state index in [-0.39, 0.29) is 17.1 Å². The molecule has 0 nitrogen and oxygen atoms in total. The third-order valence-corrected chi connectivity index (χ3v) is 0.531. The number of halogens is 4. The molecule has 1 unspecified atom stereocenters. The van der Waals surface area contributed by atoms with Crippen LogP contribution in [0.2, 0.25) is 0 Å². The van der Waals surface area contributed by atoms with Crippen molar-refractivity contribution in [2.24, 2.45) is 0 Å². The van der Waals surface area contributed by atoms with E-state index in [0.717, 1.165) is 0 Å². The Morgan fingerprint density at radius 1 is 1.25 bits per heavy atom. The maximum atomic E-state index is 10.9. The molecule has 0 aromatic heterocycles. The number of hydrogen-bond acceptors (Lipinski definition) is 0. The molecule has 1 atom stereocenters. The quantitative estimate of drug-likeness (QED) is 0.434. The molecule has 0 aliphatic rings. The fourth-order valence-corrected chi connectivity index (χ4v) is 0. The van der Waals surface area contributed by atoms with Gasteiger partial charge in [-0.1, -0.05) is 0 Å². The van der Waals surface area contributed by atoms with Crippen LogP contribution in [0, 0.1) is 0 Å². The Morgan fingerprint density at radius 2 is 1.38 bits per heavy atom. The molecule has 0 saturated carbocycles. The van der Waals surface area contributed by atoms with Gasteiger partial charge >= 0.3 is 44.8 Å². The molecule has 6 heteroatoms. The van der Waals surface area contributed by atoms with E-state index in [1.165, 1.54) is 0 Å². The molecule has 0 aliphatic heterocycles. The topological polar surface area (TPSA) is 0 Å². The van der Waals surface area contributed by atoms with E-state index in [9.17, 15) is 17.6 Å². The van der Waals surface area contributed by atoms with Crippen molar-refractivity contribution in [3.05, 3.63) is 0 Å². The van der Waals surface area contributed by atoms with Crippen molar-refractivity contribution in [3.63, 3.8) is 0 Å². The molecule has 0 aromatic rings. The summed E-state index contributed by atoms with van der Waals surface area (Å²) >= 11 is 3.36. The molecule has 1 radical (unpaired) electrons. The van der Waals surface area contributed by atoms with Crippen LogP contribution >= 0.6 is 0 Å². The van der Waals surface area contributed by atoms with E-state index >= 15 is 0 Å². The second-order valence-electron chi connectivity index (χ2n) is 0.804. The van der Waals surface area contributed by atoms with Crippen LogP contribution in [-0.2, 0) is 33.1 Å². The van der Waals surface area contributed by atoms with Crippen LogP contribution in [0.5, 0.6) is 0 Å². The van der Waals surface area contributed by atoms with Gasteiger partial charge in [0, 0.05) is 17.1 Å². The standard InChI is InChI=1S/C2HF4.2Cu/c3-1-2(4,5)6;;/h1H;;. The summed E-state index contributed by atoms with van der Waals surface area (Å²) in [5.74, 6) is 0. The molecular weight excluding hydrogens is 227 g/mol. The van der Waals surface area contributed by atoms with Gasteiger partial charge < -0.3 is 0 Å². The minimum atomic E-state index is -4.86. The molecule has 0 spiro atoms. The fraction of sp³-hybridized carbons (Fsp3) is 1.00. The van der Waals surface area contributed by atoms with Crippen LogP contribution in [0.4, 0.5) is 17.6 Å². The molecule has 0 aliphatic carbocycles. The molecule has 0 fully saturated rings. The summed E-state index contributed by atoms with van der Waals surface area (Å²) in [5, 5.41) is -3.14. The predicted octanol–water partition coefficient (Wildman–Crippen LogP) is 1.39. The summed E-state index contributed by atoms with van der Waals surface area (Å²) in [6.07, 6.45) is -4.86. The van der Waals surface area contributed by atoms with Gasteiger partial charge in [-0.15, -0.1) is 0 Å². The summed E-state index contributed by atoms with van der Waals surface area (Å²) in [6.45, 7) is 0. The van der Waals surface area contributed by atoms with Gasteiger partial charge in [0.1, 0.15) is 0 Å². The van der Waals surface area contributed by atoms with Crippen molar-refractivity contribution >= 4 is 0 Å². The van der Waals surface area contributed by atoms with Crippen LogP contribution < -0.4 is 0 Å². The van der Waals surface area contributed by atoms with Crippen molar-refractivity contribution in [1.82, 2.24) is 0 Å². The molecule has 59 valence electrons. The maximum Gasteiger partial charge on any atom is 0 e. The van der Waals surface area contributed by atoms with Crippen molar-refractivity contribution in [3.8, 4) is 0 Å². The normalized spacial score (nSPS) is 14.8. The average Bonchev–Trinajstić information content (AvgIpc) is 1.31. The molecule has 0 bridgehead atoms. The second kappa shape index (κ2) is 3.72. The van der Waals surface area contributed by atoms with E-state index in [2.05, 4.69) is 16.0 Å². The van der Waals surface area contributed by atoms with Crippen molar-refractivity contribution in [1.29, 1.82) is 0 Å². The zero-order valence-corrected chi connectivity index (χ0v) is 5.08. The third-order valence-electron chi connectivity index (χ3n) is 0.222. The predicted molar refractivity (Wildman–Crippen MR) is 11.0 cm³/mol. The Balaban J connectivity index is 0. The summed E-state index contributed by atoms with van der Waals surface area (Å²) < 4.78 is 43.0. The molecule has 0 N–H and O–H groups in total. The number of rotatable bonds is 0. The van der Waals surface area contributed by atoms with Gasteiger partial charge in [0.2, 0.25) is 0 Å². The second-order valence-corrected chi connectivity index (χ2v) is 1.28. The van der Waals surface area contributed by atoms with Gasteiger partial charge in [-0.05, 0) is 0 Å². The van der Waals surface area contributed by atoms with Crippen LogP contribution in [0.25, 0.3) is 0 Å². The van der Waals surface area contributed by atoms with Crippen molar-refractivity contribution < 1.29 is 50.6 Å². The first-order valence-electron chi connectivity index (χ1n) is 1.25. The SMILES string of the molecule is F[CH]([Cu])C(F)(F)F.[Cu]. The zero-order chi connectivity index (χ0) is 6.08. The molecule has 0 saturated heterocycles. The third kappa shape index (κ3) is 4.91. The summed E-state index contributed by atoms with van der Waals surface area (Å²) in [5.41, 5.74) is 0. The Labute approximate surface area is 62.3 Å².